The van der Waals surface area contributed by atoms with Crippen LogP contribution in [0.4, 0.5) is 0 Å². The van der Waals surface area contributed by atoms with Gasteiger partial charge in [-0.15, -0.1) is 10.2 Å². The Morgan fingerprint density at radius 3 is 2.75 bits per heavy atom. The van der Waals surface area contributed by atoms with E-state index in [1.54, 1.807) is 24.3 Å². The van der Waals surface area contributed by atoms with E-state index in [1.807, 2.05) is 35.6 Å². The highest BCUT2D eigenvalue weighted by Crippen LogP contribution is 2.27. The number of carbonyl (C=O) groups is 1. The number of ether oxygens (including phenoxy) is 1. The number of para-hydroxylation sites is 2. The van der Waals surface area contributed by atoms with Gasteiger partial charge in [0.05, 0.1) is 11.0 Å². The van der Waals surface area contributed by atoms with Gasteiger partial charge in [-0.05, 0) is 38.1 Å². The zero-order chi connectivity index (χ0) is 16.7. The predicted molar refractivity (Wildman–Crippen MR) is 89.5 cm³/mol. The van der Waals surface area contributed by atoms with Crippen LogP contribution in [-0.2, 0) is 0 Å². The Hall–Kier alpha value is -3.28. The van der Waals surface area contributed by atoms with Crippen molar-refractivity contribution >= 4 is 22.5 Å². The third kappa shape index (κ3) is 2.28. The summed E-state index contributed by atoms with van der Waals surface area (Å²) >= 11 is 0. The van der Waals surface area contributed by atoms with Gasteiger partial charge in [0, 0.05) is 5.56 Å². The van der Waals surface area contributed by atoms with Crippen molar-refractivity contribution in [3.8, 4) is 11.6 Å². The summed E-state index contributed by atoms with van der Waals surface area (Å²) in [6.45, 7) is 3.40. The van der Waals surface area contributed by atoms with E-state index in [4.69, 9.17) is 4.74 Å². The lowest BCUT2D eigenvalue weighted by atomic mass is 10.1. The van der Waals surface area contributed by atoms with E-state index in [1.165, 1.54) is 6.92 Å². The Balaban J connectivity index is 1.90. The molecule has 0 aliphatic rings. The highest BCUT2D eigenvalue weighted by Gasteiger charge is 2.15. The second-order valence-electron chi connectivity index (χ2n) is 5.50. The molecule has 0 fully saturated rings. The van der Waals surface area contributed by atoms with E-state index < -0.39 is 0 Å². The number of carbonyl (C=O) groups excluding carboxylic acids is 1. The van der Waals surface area contributed by atoms with Crippen molar-refractivity contribution in [1.82, 2.24) is 19.6 Å². The van der Waals surface area contributed by atoms with E-state index in [0.29, 0.717) is 22.8 Å². The van der Waals surface area contributed by atoms with Crippen LogP contribution in [-0.4, -0.2) is 25.4 Å². The molecule has 0 saturated carbocycles. The van der Waals surface area contributed by atoms with Gasteiger partial charge >= 0.3 is 0 Å². The van der Waals surface area contributed by atoms with Crippen LogP contribution in [0.3, 0.4) is 0 Å². The Morgan fingerprint density at radius 2 is 1.92 bits per heavy atom. The number of aryl methyl sites for hydroxylation is 1. The van der Waals surface area contributed by atoms with E-state index in [0.717, 1.165) is 16.9 Å². The van der Waals surface area contributed by atoms with Crippen molar-refractivity contribution in [1.29, 1.82) is 0 Å². The average Bonchev–Trinajstić information content (AvgIpc) is 2.98. The molecule has 0 aliphatic heterocycles. The second kappa shape index (κ2) is 5.42. The fourth-order valence-electron chi connectivity index (χ4n) is 2.66. The summed E-state index contributed by atoms with van der Waals surface area (Å²) in [5, 5.41) is 8.31. The summed E-state index contributed by atoms with van der Waals surface area (Å²) in [7, 11) is 0. The van der Waals surface area contributed by atoms with Crippen molar-refractivity contribution in [2.45, 2.75) is 13.8 Å². The lowest BCUT2D eigenvalue weighted by Gasteiger charge is -2.09. The van der Waals surface area contributed by atoms with Crippen molar-refractivity contribution in [2.75, 3.05) is 0 Å². The zero-order valence-electron chi connectivity index (χ0n) is 13.2. The molecule has 0 saturated heterocycles. The normalized spacial score (nSPS) is 11.1. The number of Topliss-reactive ketones (excluding diaryl/α,β-unsaturated/α-hetero) is 1. The minimum atomic E-state index is -0.0182. The Bertz CT molecular complexity index is 1080. The van der Waals surface area contributed by atoms with Crippen molar-refractivity contribution < 1.29 is 9.53 Å². The zero-order valence-corrected chi connectivity index (χ0v) is 13.2. The summed E-state index contributed by atoms with van der Waals surface area (Å²) in [5.41, 5.74) is 2.83. The molecule has 0 unspecified atom stereocenters. The Kier molecular flexibility index (Phi) is 3.23. The molecule has 4 rings (SSSR count). The van der Waals surface area contributed by atoms with Crippen molar-refractivity contribution in [3.63, 3.8) is 0 Å². The third-order valence-electron chi connectivity index (χ3n) is 3.82. The first-order chi connectivity index (χ1) is 11.6. The highest BCUT2D eigenvalue weighted by atomic mass is 16.5. The van der Waals surface area contributed by atoms with E-state index >= 15 is 0 Å². The fourth-order valence-corrected chi connectivity index (χ4v) is 2.66. The average molecular weight is 318 g/mol. The predicted octanol–water partition coefficient (Wildman–Crippen LogP) is 3.58. The summed E-state index contributed by atoms with van der Waals surface area (Å²) in [6, 6.07) is 14.7. The lowest BCUT2D eigenvalue weighted by molar-refractivity contribution is 0.101. The second-order valence-corrected chi connectivity index (χ2v) is 5.50. The summed E-state index contributed by atoms with van der Waals surface area (Å²) < 4.78 is 7.83. The van der Waals surface area contributed by atoms with Gasteiger partial charge in [0.15, 0.2) is 5.78 Å². The minimum absolute atomic E-state index is 0.0182. The Labute approximate surface area is 137 Å². The number of rotatable bonds is 3. The summed E-state index contributed by atoms with van der Waals surface area (Å²) in [5.74, 6) is 1.63. The van der Waals surface area contributed by atoms with Crippen LogP contribution >= 0.6 is 0 Å². The first kappa shape index (κ1) is 14.3. The van der Waals surface area contributed by atoms with Crippen molar-refractivity contribution in [3.05, 3.63) is 59.9 Å². The first-order valence-corrected chi connectivity index (χ1v) is 7.53. The minimum Gasteiger partial charge on any atom is -0.436 e. The molecule has 2 aromatic carbocycles. The number of hydrogen-bond acceptors (Lipinski definition) is 5. The smallest absolute Gasteiger partial charge is 0.266 e. The van der Waals surface area contributed by atoms with Gasteiger partial charge in [0.2, 0.25) is 5.65 Å². The van der Waals surface area contributed by atoms with Crippen LogP contribution < -0.4 is 4.74 Å². The van der Waals surface area contributed by atoms with Gasteiger partial charge in [-0.1, -0.05) is 24.3 Å². The molecule has 4 aromatic rings. The highest BCUT2D eigenvalue weighted by molar-refractivity contribution is 5.94. The maximum Gasteiger partial charge on any atom is 0.266 e. The number of hydrogen-bond donors (Lipinski definition) is 0. The van der Waals surface area contributed by atoms with Crippen LogP contribution in [0.2, 0.25) is 0 Å². The molecule has 0 radical (unpaired) electrons. The molecule has 0 spiro atoms. The lowest BCUT2D eigenvalue weighted by Crippen LogP contribution is -1.99. The van der Waals surface area contributed by atoms with Crippen LogP contribution in [0.5, 0.6) is 11.6 Å². The summed E-state index contributed by atoms with van der Waals surface area (Å²) in [6.07, 6.45) is 0. The standard InChI is InChI=1S/C18H14N4O2/c1-11(23)13-6-5-7-14(10-13)24-18-17-21-20-12(2)22(17)16-9-4-3-8-15(16)19-18/h3-10H,1-2H3. The topological polar surface area (TPSA) is 69.4 Å². The molecule has 6 heteroatoms. The molecular formula is C18H14N4O2. The van der Waals surface area contributed by atoms with E-state index in [-0.39, 0.29) is 5.78 Å². The van der Waals surface area contributed by atoms with Crippen molar-refractivity contribution in [2.24, 2.45) is 0 Å². The molecular weight excluding hydrogens is 304 g/mol. The SMILES string of the molecule is CC(=O)c1cccc(Oc2nc3ccccc3n3c(C)nnc23)c1. The molecule has 0 aliphatic carbocycles. The third-order valence-corrected chi connectivity index (χ3v) is 3.82. The molecule has 2 heterocycles. The molecule has 0 bridgehead atoms. The van der Waals surface area contributed by atoms with E-state index in [2.05, 4.69) is 15.2 Å². The largest absolute Gasteiger partial charge is 0.436 e. The molecule has 118 valence electrons. The van der Waals surface area contributed by atoms with Crippen LogP contribution in [0, 0.1) is 6.92 Å². The van der Waals surface area contributed by atoms with Gasteiger partial charge in [0.25, 0.3) is 5.88 Å². The van der Waals surface area contributed by atoms with Gasteiger partial charge in [-0.3, -0.25) is 9.20 Å². The van der Waals surface area contributed by atoms with Gasteiger partial charge in [-0.25, -0.2) is 4.98 Å². The van der Waals surface area contributed by atoms with E-state index in [9.17, 15) is 4.79 Å². The molecule has 6 nitrogen and oxygen atoms in total. The van der Waals surface area contributed by atoms with Crippen LogP contribution in [0.25, 0.3) is 16.7 Å². The molecule has 0 N–H and O–H groups in total. The number of benzene rings is 2. The maximum atomic E-state index is 11.5. The maximum absolute atomic E-state index is 11.5. The van der Waals surface area contributed by atoms with Crippen LogP contribution in [0.15, 0.2) is 48.5 Å². The van der Waals surface area contributed by atoms with Gasteiger partial charge < -0.3 is 4.74 Å². The van der Waals surface area contributed by atoms with Crippen LogP contribution in [0.1, 0.15) is 23.1 Å². The monoisotopic (exact) mass is 318 g/mol. The number of aromatic nitrogens is 4. The molecule has 2 aromatic heterocycles. The summed E-state index contributed by atoms with van der Waals surface area (Å²) in [4.78, 5) is 16.1. The fraction of sp³-hybridized carbons (Fsp3) is 0.111. The number of fused-ring (bicyclic) bond motifs is 3. The van der Waals surface area contributed by atoms with Gasteiger partial charge in [0.1, 0.15) is 11.6 Å². The molecule has 0 amide bonds. The number of ketones is 1. The molecule has 24 heavy (non-hydrogen) atoms. The molecule has 0 atom stereocenters. The van der Waals surface area contributed by atoms with Gasteiger partial charge in [-0.2, -0.15) is 0 Å². The number of nitrogens with zero attached hydrogens (tertiary/aromatic N) is 4. The Morgan fingerprint density at radius 1 is 1.08 bits per heavy atom. The first-order valence-electron chi connectivity index (χ1n) is 7.53. The quantitative estimate of drug-likeness (QED) is 0.540.